The first-order chi connectivity index (χ1) is 5.72. The molecule has 0 spiro atoms. The number of nitrogens with one attached hydrogen (secondary N) is 1. The fourth-order valence-corrected chi connectivity index (χ4v) is 0.274. The van der Waals surface area contributed by atoms with Crippen molar-refractivity contribution in [3.8, 4) is 0 Å². The molecule has 0 aromatic rings. The van der Waals surface area contributed by atoms with E-state index in [0.29, 0.717) is 6.61 Å². The van der Waals surface area contributed by atoms with E-state index in [9.17, 15) is 0 Å². The number of hydrogen-bond donors (Lipinski definition) is 2. The first kappa shape index (κ1) is 14.6. The zero-order chi connectivity index (χ0) is 9.82. The summed E-state index contributed by atoms with van der Waals surface area (Å²) in [6.07, 6.45) is 0.870. The lowest BCUT2D eigenvalue weighted by Gasteiger charge is -2.08. The fourth-order valence-electron chi connectivity index (χ4n) is 0.274. The molecule has 12 heavy (non-hydrogen) atoms. The third-order valence-electron chi connectivity index (χ3n) is 1.11. The predicted molar refractivity (Wildman–Crippen MR) is 54.6 cm³/mol. The third kappa shape index (κ3) is 16.6. The molecule has 0 radical (unpaired) electrons. The van der Waals surface area contributed by atoms with Crippen molar-refractivity contribution < 1.29 is 9.26 Å². The van der Waals surface area contributed by atoms with Gasteiger partial charge in [-0.25, -0.2) is 0 Å². The second kappa shape index (κ2) is 13.6. The van der Waals surface area contributed by atoms with Crippen LogP contribution < -0.4 is 11.2 Å². The molecule has 4 nitrogen and oxygen atoms in total. The van der Waals surface area contributed by atoms with Crippen LogP contribution in [0.2, 0.25) is 0 Å². The smallest absolute Gasteiger partial charge is 0.145 e. The number of hydrogen-bond acceptors (Lipinski definition) is 4. The number of hydroxylamine groups is 1. The van der Waals surface area contributed by atoms with Crippen LogP contribution in [-0.4, -0.2) is 29.9 Å². The molecule has 0 bridgehead atoms. The van der Waals surface area contributed by atoms with Gasteiger partial charge in [0.05, 0.1) is 12.8 Å². The van der Waals surface area contributed by atoms with Gasteiger partial charge in [0.15, 0.2) is 0 Å². The van der Waals surface area contributed by atoms with Crippen LogP contribution in [0.15, 0.2) is 0 Å². The molecular formula is C7H22N2O2Si. The van der Waals surface area contributed by atoms with Crippen LogP contribution in [0.25, 0.3) is 0 Å². The lowest BCUT2D eigenvalue weighted by molar-refractivity contribution is 0.0251. The van der Waals surface area contributed by atoms with E-state index in [1.54, 1.807) is 0 Å². The van der Waals surface area contributed by atoms with Gasteiger partial charge < -0.3 is 15.0 Å². The maximum atomic E-state index is 5.42. The average molecular weight is 194 g/mol. The highest BCUT2D eigenvalue weighted by Gasteiger charge is 1.92. The van der Waals surface area contributed by atoms with Crippen molar-refractivity contribution in [3.63, 3.8) is 0 Å². The molecule has 0 aliphatic heterocycles. The van der Waals surface area contributed by atoms with Gasteiger partial charge >= 0.3 is 0 Å². The lowest BCUT2D eigenvalue weighted by atomic mass is 10.4. The third-order valence-corrected chi connectivity index (χ3v) is 1.68. The summed E-state index contributed by atoms with van der Waals surface area (Å²) < 4.78 is 4.68. The standard InChI is InChI=1S/C5H14N2O.C2H8OSi/c1-3-5(6)7-8-4-2;1-2-3-4/h5,7H,3-4,6H2,1-2H3;2H2,1,4H3. The van der Waals surface area contributed by atoms with Gasteiger partial charge in [-0.2, -0.15) is 5.48 Å². The van der Waals surface area contributed by atoms with Crippen LogP contribution in [0.1, 0.15) is 27.2 Å². The molecule has 5 heteroatoms. The Hall–Kier alpha value is 0.0569. The zero-order valence-electron chi connectivity index (χ0n) is 8.59. The van der Waals surface area contributed by atoms with Gasteiger partial charge in [-0.3, -0.25) is 0 Å². The maximum absolute atomic E-state index is 5.42. The van der Waals surface area contributed by atoms with Crippen LogP contribution in [0.5, 0.6) is 0 Å². The molecule has 1 unspecified atom stereocenters. The number of nitrogens with two attached hydrogens (primary N) is 1. The molecule has 3 N–H and O–H groups in total. The normalized spacial score (nSPS) is 12.0. The van der Waals surface area contributed by atoms with E-state index in [2.05, 4.69) is 9.91 Å². The molecule has 0 amide bonds. The lowest BCUT2D eigenvalue weighted by Crippen LogP contribution is -2.36. The number of rotatable bonds is 5. The summed E-state index contributed by atoms with van der Waals surface area (Å²) in [6.45, 7) is 7.44. The largest absolute Gasteiger partial charge is 0.428 e. The topological polar surface area (TPSA) is 56.5 Å². The summed E-state index contributed by atoms with van der Waals surface area (Å²) >= 11 is 0. The van der Waals surface area contributed by atoms with Gasteiger partial charge in [0.1, 0.15) is 10.5 Å². The molecule has 1 atom stereocenters. The van der Waals surface area contributed by atoms with Gasteiger partial charge in [-0.1, -0.05) is 6.92 Å². The van der Waals surface area contributed by atoms with Crippen LogP contribution in [0.3, 0.4) is 0 Å². The van der Waals surface area contributed by atoms with Crippen molar-refractivity contribution in [3.05, 3.63) is 0 Å². The Kier molecular flexibility index (Phi) is 16.6. The molecule has 76 valence electrons. The van der Waals surface area contributed by atoms with Crippen molar-refractivity contribution in [2.45, 2.75) is 33.4 Å². The molecule has 0 aliphatic carbocycles. The summed E-state index contributed by atoms with van der Waals surface area (Å²) in [7, 11) is 0.890. The van der Waals surface area contributed by atoms with Gasteiger partial charge in [-0.05, 0) is 20.3 Å². The monoisotopic (exact) mass is 194 g/mol. The summed E-state index contributed by atoms with van der Waals surface area (Å²) in [5.41, 5.74) is 8.08. The van der Waals surface area contributed by atoms with Gasteiger partial charge in [-0.15, -0.1) is 0 Å². The summed E-state index contributed by atoms with van der Waals surface area (Å²) in [5.74, 6) is 0. The van der Waals surface area contributed by atoms with Crippen LogP contribution >= 0.6 is 0 Å². The van der Waals surface area contributed by atoms with Crippen molar-refractivity contribution >= 4 is 10.5 Å². The minimum atomic E-state index is -0.0186. The van der Waals surface area contributed by atoms with E-state index in [4.69, 9.17) is 10.6 Å². The SMILES string of the molecule is CCONC(N)CC.CCO[SiH3]. The van der Waals surface area contributed by atoms with Gasteiger partial charge in [0.2, 0.25) is 0 Å². The maximum Gasteiger partial charge on any atom is 0.145 e. The van der Waals surface area contributed by atoms with E-state index in [1.807, 2.05) is 20.8 Å². The Balaban J connectivity index is 0. The van der Waals surface area contributed by atoms with Crippen LogP contribution in [0.4, 0.5) is 0 Å². The molecule has 0 saturated heterocycles. The summed E-state index contributed by atoms with van der Waals surface area (Å²) in [6, 6.07) is 0. The van der Waals surface area contributed by atoms with Gasteiger partial charge in [0.25, 0.3) is 0 Å². The Labute approximate surface area is 78.3 Å². The molecule has 0 rings (SSSR count). The van der Waals surface area contributed by atoms with Crippen LogP contribution in [-0.2, 0) is 9.26 Å². The minimum absolute atomic E-state index is 0.0186. The Morgan fingerprint density at radius 2 is 1.83 bits per heavy atom. The van der Waals surface area contributed by atoms with E-state index in [0.717, 1.165) is 23.5 Å². The van der Waals surface area contributed by atoms with Crippen molar-refractivity contribution in [2.24, 2.45) is 5.73 Å². The van der Waals surface area contributed by atoms with Gasteiger partial charge in [0, 0.05) is 6.61 Å². The second-order valence-corrected chi connectivity index (χ2v) is 2.72. The first-order valence-electron chi connectivity index (χ1n) is 4.34. The zero-order valence-corrected chi connectivity index (χ0v) is 10.6. The highest BCUT2D eigenvalue weighted by atomic mass is 28.2. The van der Waals surface area contributed by atoms with E-state index in [1.165, 1.54) is 0 Å². The Morgan fingerprint density at radius 1 is 1.33 bits per heavy atom. The minimum Gasteiger partial charge on any atom is -0.428 e. The highest BCUT2D eigenvalue weighted by Crippen LogP contribution is 1.78. The Morgan fingerprint density at radius 3 is 2.08 bits per heavy atom. The highest BCUT2D eigenvalue weighted by molar-refractivity contribution is 5.97. The Bertz CT molecular complexity index is 74.4. The quantitative estimate of drug-likeness (QED) is 0.353. The molecular weight excluding hydrogens is 172 g/mol. The molecule has 0 aliphatic rings. The van der Waals surface area contributed by atoms with Crippen molar-refractivity contribution in [1.82, 2.24) is 5.48 Å². The average Bonchev–Trinajstić information content (AvgIpc) is 2.14. The van der Waals surface area contributed by atoms with Crippen molar-refractivity contribution in [2.75, 3.05) is 13.2 Å². The fraction of sp³-hybridized carbons (Fsp3) is 1.00. The summed E-state index contributed by atoms with van der Waals surface area (Å²) in [4.78, 5) is 4.81. The first-order valence-corrected chi connectivity index (χ1v) is 5.16. The molecule has 0 aromatic heterocycles. The summed E-state index contributed by atoms with van der Waals surface area (Å²) in [5, 5.41) is 0. The van der Waals surface area contributed by atoms with E-state index >= 15 is 0 Å². The predicted octanol–water partition coefficient (Wildman–Crippen LogP) is -0.474. The van der Waals surface area contributed by atoms with E-state index < -0.39 is 0 Å². The molecule has 0 heterocycles. The molecule has 0 saturated carbocycles. The molecule has 0 aromatic carbocycles. The second-order valence-electron chi connectivity index (χ2n) is 2.14. The molecule has 0 fully saturated rings. The van der Waals surface area contributed by atoms with E-state index in [-0.39, 0.29) is 6.17 Å². The van der Waals surface area contributed by atoms with Crippen LogP contribution in [0, 0.1) is 0 Å². The van der Waals surface area contributed by atoms with Crippen molar-refractivity contribution in [1.29, 1.82) is 0 Å².